The third-order valence-corrected chi connectivity index (χ3v) is 5.77. The lowest BCUT2D eigenvalue weighted by Gasteiger charge is -2.08. The summed E-state index contributed by atoms with van der Waals surface area (Å²) in [4.78, 5) is 17.3. The normalized spacial score (nSPS) is 10.9. The molecule has 0 aliphatic carbocycles. The van der Waals surface area contributed by atoms with Gasteiger partial charge in [-0.2, -0.15) is 5.10 Å². The van der Waals surface area contributed by atoms with Crippen LogP contribution in [0.4, 0.5) is 5.69 Å². The highest BCUT2D eigenvalue weighted by Crippen LogP contribution is 2.27. The molecule has 0 spiro atoms. The zero-order valence-corrected chi connectivity index (χ0v) is 16.7. The van der Waals surface area contributed by atoms with Crippen molar-refractivity contribution in [2.24, 2.45) is 0 Å². The SMILES string of the molecule is CCn1c(SCC(=O)Nc2ccc(-n3cncn3)cc2)nnc1-c1cccs1. The molecule has 1 N–H and O–H groups in total. The maximum Gasteiger partial charge on any atom is 0.234 e. The summed E-state index contributed by atoms with van der Waals surface area (Å²) in [5.41, 5.74) is 1.60. The summed E-state index contributed by atoms with van der Waals surface area (Å²) in [5.74, 6) is 0.999. The second kappa shape index (κ2) is 8.36. The Morgan fingerprint density at radius 3 is 2.75 bits per heavy atom. The van der Waals surface area contributed by atoms with Crippen molar-refractivity contribution in [2.75, 3.05) is 11.1 Å². The van der Waals surface area contributed by atoms with Gasteiger partial charge in [-0.25, -0.2) is 9.67 Å². The van der Waals surface area contributed by atoms with Crippen LogP contribution in [0.3, 0.4) is 0 Å². The number of benzene rings is 1. The van der Waals surface area contributed by atoms with Crippen LogP contribution < -0.4 is 5.32 Å². The van der Waals surface area contributed by atoms with Crippen LogP contribution in [0.15, 0.2) is 59.6 Å². The molecule has 0 unspecified atom stereocenters. The van der Waals surface area contributed by atoms with E-state index in [-0.39, 0.29) is 11.7 Å². The van der Waals surface area contributed by atoms with E-state index in [1.807, 2.05) is 53.3 Å². The largest absolute Gasteiger partial charge is 0.325 e. The molecule has 3 aromatic heterocycles. The van der Waals surface area contributed by atoms with Gasteiger partial charge in [0.2, 0.25) is 5.91 Å². The average molecular weight is 412 g/mol. The number of hydrogen-bond donors (Lipinski definition) is 1. The van der Waals surface area contributed by atoms with Crippen LogP contribution in [0, 0.1) is 0 Å². The van der Waals surface area contributed by atoms with Crippen LogP contribution in [0.25, 0.3) is 16.4 Å². The zero-order valence-electron chi connectivity index (χ0n) is 15.0. The van der Waals surface area contributed by atoms with E-state index in [9.17, 15) is 4.79 Å². The van der Waals surface area contributed by atoms with Gasteiger partial charge in [0.15, 0.2) is 11.0 Å². The van der Waals surface area contributed by atoms with Gasteiger partial charge >= 0.3 is 0 Å². The number of hydrogen-bond acceptors (Lipinski definition) is 7. The van der Waals surface area contributed by atoms with Gasteiger partial charge in [0, 0.05) is 12.2 Å². The predicted molar refractivity (Wildman–Crippen MR) is 110 cm³/mol. The number of nitrogens with zero attached hydrogens (tertiary/aromatic N) is 6. The van der Waals surface area contributed by atoms with Crippen molar-refractivity contribution in [2.45, 2.75) is 18.6 Å². The monoisotopic (exact) mass is 411 g/mol. The summed E-state index contributed by atoms with van der Waals surface area (Å²) in [6.45, 7) is 2.79. The Balaban J connectivity index is 1.37. The third kappa shape index (κ3) is 3.97. The molecule has 8 nitrogen and oxygen atoms in total. The first-order valence-electron chi connectivity index (χ1n) is 8.59. The molecule has 0 saturated carbocycles. The Hall–Kier alpha value is -2.98. The molecule has 3 heterocycles. The number of rotatable bonds is 7. The van der Waals surface area contributed by atoms with Gasteiger partial charge in [0.1, 0.15) is 12.7 Å². The second-order valence-electron chi connectivity index (χ2n) is 5.75. The van der Waals surface area contributed by atoms with E-state index in [1.54, 1.807) is 22.3 Å². The maximum atomic E-state index is 12.3. The van der Waals surface area contributed by atoms with Crippen LogP contribution in [0.1, 0.15) is 6.92 Å². The minimum Gasteiger partial charge on any atom is -0.325 e. The van der Waals surface area contributed by atoms with Crippen molar-refractivity contribution in [1.29, 1.82) is 0 Å². The molecule has 1 amide bonds. The van der Waals surface area contributed by atoms with Crippen molar-refractivity contribution in [3.05, 3.63) is 54.4 Å². The molecule has 0 bridgehead atoms. The molecule has 0 atom stereocenters. The first kappa shape index (κ1) is 18.4. The Labute approximate surface area is 169 Å². The summed E-state index contributed by atoms with van der Waals surface area (Å²) >= 11 is 3.00. The number of amides is 1. The lowest BCUT2D eigenvalue weighted by atomic mass is 10.3. The van der Waals surface area contributed by atoms with Gasteiger partial charge in [0.05, 0.1) is 16.3 Å². The average Bonchev–Trinajstić information content (AvgIpc) is 3.48. The van der Waals surface area contributed by atoms with E-state index in [2.05, 4.69) is 25.6 Å². The summed E-state index contributed by atoms with van der Waals surface area (Å²) in [6.07, 6.45) is 3.10. The number of carbonyl (C=O) groups excluding carboxylic acids is 1. The quantitative estimate of drug-likeness (QED) is 0.469. The number of thiophene rings is 1. The standard InChI is InChI=1S/C18H17N7OS2/c1-2-24-17(15-4-3-9-27-15)22-23-18(24)28-10-16(26)21-13-5-7-14(8-6-13)25-12-19-11-20-25/h3-9,11-12H,2,10H2,1H3,(H,21,26). The van der Waals surface area contributed by atoms with Crippen molar-refractivity contribution >= 4 is 34.7 Å². The Bertz CT molecular complexity index is 1040. The van der Waals surface area contributed by atoms with Crippen molar-refractivity contribution in [3.63, 3.8) is 0 Å². The topological polar surface area (TPSA) is 90.5 Å². The van der Waals surface area contributed by atoms with Crippen molar-refractivity contribution in [3.8, 4) is 16.4 Å². The molecule has 0 fully saturated rings. The number of nitrogens with one attached hydrogen (secondary N) is 1. The zero-order chi connectivity index (χ0) is 19.3. The smallest absolute Gasteiger partial charge is 0.234 e. The first-order chi connectivity index (χ1) is 13.7. The van der Waals surface area contributed by atoms with Crippen LogP contribution in [-0.4, -0.2) is 41.2 Å². The number of aromatic nitrogens is 6. The van der Waals surface area contributed by atoms with Gasteiger partial charge in [-0.05, 0) is 42.6 Å². The van der Waals surface area contributed by atoms with Gasteiger partial charge in [-0.1, -0.05) is 17.8 Å². The molecule has 0 saturated heterocycles. The Kier molecular flexibility index (Phi) is 5.49. The van der Waals surface area contributed by atoms with E-state index in [0.717, 1.165) is 33.8 Å². The Morgan fingerprint density at radius 2 is 2.07 bits per heavy atom. The predicted octanol–water partition coefficient (Wildman–Crippen LogP) is 3.34. The lowest BCUT2D eigenvalue weighted by Crippen LogP contribution is -2.14. The maximum absolute atomic E-state index is 12.3. The molecule has 1 aromatic carbocycles. The van der Waals surface area contributed by atoms with Gasteiger partial charge in [0.25, 0.3) is 0 Å². The number of carbonyl (C=O) groups is 1. The van der Waals surface area contributed by atoms with Gasteiger partial charge in [-0.15, -0.1) is 21.5 Å². The molecule has 4 aromatic rings. The van der Waals surface area contributed by atoms with Crippen molar-refractivity contribution < 1.29 is 4.79 Å². The third-order valence-electron chi connectivity index (χ3n) is 3.94. The minimum absolute atomic E-state index is 0.0955. The fourth-order valence-electron chi connectivity index (χ4n) is 2.63. The summed E-state index contributed by atoms with van der Waals surface area (Å²) in [6, 6.07) is 11.4. The van der Waals surface area contributed by atoms with Gasteiger partial charge < -0.3 is 9.88 Å². The number of anilines is 1. The highest BCUT2D eigenvalue weighted by molar-refractivity contribution is 7.99. The molecular weight excluding hydrogens is 394 g/mol. The molecule has 4 rings (SSSR count). The summed E-state index contributed by atoms with van der Waals surface area (Å²) < 4.78 is 3.68. The van der Waals surface area contributed by atoms with E-state index in [1.165, 1.54) is 18.1 Å². The van der Waals surface area contributed by atoms with Crippen LogP contribution in [0.5, 0.6) is 0 Å². The molecule has 0 radical (unpaired) electrons. The van der Waals surface area contributed by atoms with Crippen LogP contribution >= 0.6 is 23.1 Å². The fraction of sp³-hybridized carbons (Fsp3) is 0.167. The second-order valence-corrected chi connectivity index (χ2v) is 7.64. The highest BCUT2D eigenvalue weighted by atomic mass is 32.2. The fourth-order valence-corrected chi connectivity index (χ4v) is 4.15. The van der Waals surface area contributed by atoms with Gasteiger partial charge in [-0.3, -0.25) is 4.79 Å². The molecule has 0 aliphatic heterocycles. The van der Waals surface area contributed by atoms with Crippen molar-refractivity contribution in [1.82, 2.24) is 29.5 Å². The number of thioether (sulfide) groups is 1. The van der Waals surface area contributed by atoms with E-state index >= 15 is 0 Å². The molecule has 0 aliphatic rings. The van der Waals surface area contributed by atoms with Crippen LogP contribution in [-0.2, 0) is 11.3 Å². The molecular formula is C18H17N7OS2. The molecule has 28 heavy (non-hydrogen) atoms. The van der Waals surface area contributed by atoms with E-state index in [4.69, 9.17) is 0 Å². The summed E-state index contributed by atoms with van der Waals surface area (Å²) in [7, 11) is 0. The van der Waals surface area contributed by atoms with E-state index in [0.29, 0.717) is 0 Å². The highest BCUT2D eigenvalue weighted by Gasteiger charge is 2.15. The molecule has 142 valence electrons. The first-order valence-corrected chi connectivity index (χ1v) is 10.5. The lowest BCUT2D eigenvalue weighted by molar-refractivity contribution is -0.113. The van der Waals surface area contributed by atoms with E-state index < -0.39 is 0 Å². The van der Waals surface area contributed by atoms with Crippen LogP contribution in [0.2, 0.25) is 0 Å². The summed E-state index contributed by atoms with van der Waals surface area (Å²) in [5, 5.41) is 18.3. The minimum atomic E-state index is -0.0955. The molecule has 10 heteroatoms. The Morgan fingerprint density at radius 1 is 1.21 bits per heavy atom.